The van der Waals surface area contributed by atoms with Crippen LogP contribution in [0.15, 0.2) is 24.3 Å². The molecule has 0 bridgehead atoms. The number of carbonyl (C=O) groups is 3. The van der Waals surface area contributed by atoms with Crippen molar-refractivity contribution in [2.45, 2.75) is 66.7 Å². The van der Waals surface area contributed by atoms with Gasteiger partial charge in [0.1, 0.15) is 11.5 Å². The van der Waals surface area contributed by atoms with E-state index in [1.54, 1.807) is 37.5 Å². The van der Waals surface area contributed by atoms with Crippen LogP contribution in [0.25, 0.3) is 0 Å². The van der Waals surface area contributed by atoms with Gasteiger partial charge in [-0.15, -0.1) is 0 Å². The number of carbonyl (C=O) groups excluding carboxylic acids is 3. The van der Waals surface area contributed by atoms with Crippen molar-refractivity contribution in [1.82, 2.24) is 14.8 Å². The molecule has 2 amide bonds. The molecule has 1 aromatic carbocycles. The van der Waals surface area contributed by atoms with Gasteiger partial charge < -0.3 is 19.5 Å². The Bertz CT molecular complexity index is 996. The predicted octanol–water partition coefficient (Wildman–Crippen LogP) is 4.24. The van der Waals surface area contributed by atoms with Gasteiger partial charge in [0.2, 0.25) is 0 Å². The second-order valence-corrected chi connectivity index (χ2v) is 8.07. The Labute approximate surface area is 188 Å². The van der Waals surface area contributed by atoms with Crippen LogP contribution in [-0.2, 0) is 17.8 Å². The van der Waals surface area contributed by atoms with Crippen LogP contribution < -0.4 is 5.32 Å². The second-order valence-electron chi connectivity index (χ2n) is 8.07. The van der Waals surface area contributed by atoms with Crippen LogP contribution in [0.2, 0.25) is 0 Å². The smallest absolute Gasteiger partial charge is 0.354 e. The number of amides is 2. The van der Waals surface area contributed by atoms with Crippen molar-refractivity contribution >= 4 is 17.8 Å². The third kappa shape index (κ3) is 5.18. The van der Waals surface area contributed by atoms with E-state index in [1.807, 2.05) is 20.8 Å². The Morgan fingerprint density at radius 1 is 1.12 bits per heavy atom. The van der Waals surface area contributed by atoms with Crippen molar-refractivity contribution in [3.05, 3.63) is 58.2 Å². The lowest BCUT2D eigenvalue weighted by atomic mass is 9.99. The zero-order valence-electron chi connectivity index (χ0n) is 19.8. The molecule has 0 aliphatic carbocycles. The van der Waals surface area contributed by atoms with Crippen LogP contribution in [0.1, 0.15) is 65.4 Å². The largest absolute Gasteiger partial charge is 0.464 e. The number of ketones is 1. The zero-order valence-corrected chi connectivity index (χ0v) is 19.8. The number of methoxy groups -OCH3 is 1. The number of hydrogen-bond donors (Lipinski definition) is 1. The Hall–Kier alpha value is -3.16. The van der Waals surface area contributed by atoms with Gasteiger partial charge in [-0.05, 0) is 64.8 Å². The molecule has 7 nitrogen and oxygen atoms in total. The molecule has 2 rings (SSSR count). The minimum absolute atomic E-state index is 0.127. The molecule has 2 aromatic rings. The van der Waals surface area contributed by atoms with E-state index >= 15 is 0 Å². The highest BCUT2D eigenvalue weighted by Crippen LogP contribution is 2.26. The molecular weight excluding hydrogens is 413 g/mol. The fraction of sp³-hybridized carbons (Fsp3) is 0.458. The number of Topliss-reactive ketones (excluding diaryl/α,β-unsaturated/α-hetero) is 1. The van der Waals surface area contributed by atoms with E-state index in [0.29, 0.717) is 34.6 Å². The van der Waals surface area contributed by atoms with Crippen molar-refractivity contribution in [2.24, 2.45) is 0 Å². The first-order valence-corrected chi connectivity index (χ1v) is 10.7. The number of nitrogens with zero attached hydrogens (tertiary/aromatic N) is 2. The normalized spacial score (nSPS) is 11.9. The molecule has 1 N–H and O–H groups in total. The second kappa shape index (κ2) is 10.4. The van der Waals surface area contributed by atoms with E-state index in [0.717, 1.165) is 0 Å². The lowest BCUT2D eigenvalue weighted by molar-refractivity contribution is 0.0587. The first kappa shape index (κ1) is 25.1. The summed E-state index contributed by atoms with van der Waals surface area (Å²) in [5.74, 6) is -1.17. The number of ether oxygens (including phenoxy) is 1. The molecule has 0 spiro atoms. The Kier molecular flexibility index (Phi) is 8.19. The number of esters is 1. The van der Waals surface area contributed by atoms with E-state index in [9.17, 15) is 18.8 Å². The quantitative estimate of drug-likeness (QED) is 0.487. The highest BCUT2D eigenvalue weighted by Gasteiger charge is 2.33. The first-order chi connectivity index (χ1) is 15.0. The fourth-order valence-electron chi connectivity index (χ4n) is 3.86. The first-order valence-electron chi connectivity index (χ1n) is 10.7. The summed E-state index contributed by atoms with van der Waals surface area (Å²) in [4.78, 5) is 40.3. The van der Waals surface area contributed by atoms with Crippen molar-refractivity contribution in [3.8, 4) is 0 Å². The summed E-state index contributed by atoms with van der Waals surface area (Å²) in [6, 6.07) is 4.45. The molecule has 0 aliphatic heterocycles. The van der Waals surface area contributed by atoms with Gasteiger partial charge in [0.25, 0.3) is 0 Å². The van der Waals surface area contributed by atoms with Gasteiger partial charge in [-0.2, -0.15) is 0 Å². The number of urea groups is 1. The Morgan fingerprint density at radius 3 is 2.22 bits per heavy atom. The maximum Gasteiger partial charge on any atom is 0.354 e. The molecule has 174 valence electrons. The third-order valence-electron chi connectivity index (χ3n) is 5.49. The molecule has 32 heavy (non-hydrogen) atoms. The number of nitrogens with one attached hydrogen (secondary N) is 1. The summed E-state index contributed by atoms with van der Waals surface area (Å²) in [6.07, 6.45) is 0. The molecule has 0 fully saturated rings. The Balaban J connectivity index is 2.48. The monoisotopic (exact) mass is 445 g/mol. The van der Waals surface area contributed by atoms with Crippen molar-refractivity contribution in [1.29, 1.82) is 0 Å². The van der Waals surface area contributed by atoms with E-state index in [4.69, 9.17) is 4.74 Å². The van der Waals surface area contributed by atoms with Crippen LogP contribution >= 0.6 is 0 Å². The summed E-state index contributed by atoms with van der Waals surface area (Å²) >= 11 is 0. The van der Waals surface area contributed by atoms with E-state index in [2.05, 4.69) is 5.32 Å². The molecule has 0 saturated carbocycles. The van der Waals surface area contributed by atoms with Gasteiger partial charge in [0, 0.05) is 30.4 Å². The lowest BCUT2D eigenvalue weighted by Crippen LogP contribution is -2.49. The van der Waals surface area contributed by atoms with Crippen LogP contribution in [0, 0.1) is 19.7 Å². The van der Waals surface area contributed by atoms with Gasteiger partial charge in [0.15, 0.2) is 5.78 Å². The van der Waals surface area contributed by atoms with Gasteiger partial charge >= 0.3 is 12.0 Å². The van der Waals surface area contributed by atoms with E-state index < -0.39 is 18.0 Å². The highest BCUT2D eigenvalue weighted by atomic mass is 19.1. The predicted molar refractivity (Wildman–Crippen MR) is 120 cm³/mol. The summed E-state index contributed by atoms with van der Waals surface area (Å²) in [7, 11) is 1.30. The number of aromatic nitrogens is 1. The average Bonchev–Trinajstić information content (AvgIpc) is 3.00. The molecule has 0 aliphatic rings. The lowest BCUT2D eigenvalue weighted by Gasteiger charge is -2.30. The zero-order chi connectivity index (χ0) is 24.2. The van der Waals surface area contributed by atoms with Gasteiger partial charge in [0.05, 0.1) is 13.2 Å². The number of halogens is 1. The van der Waals surface area contributed by atoms with E-state index in [1.165, 1.54) is 24.1 Å². The minimum Gasteiger partial charge on any atom is -0.464 e. The molecule has 1 atom stereocenters. The minimum atomic E-state index is -0.825. The number of hydrogen-bond acceptors (Lipinski definition) is 4. The van der Waals surface area contributed by atoms with Crippen LogP contribution in [0.4, 0.5) is 9.18 Å². The SMILES string of the molecule is CCn1c(C)c(C(=O)C(C)N(Cc2ccc(F)cc2)C(=O)NC(C)C)c(C)c1C(=O)OC. The molecule has 1 aromatic heterocycles. The molecule has 1 unspecified atom stereocenters. The average molecular weight is 446 g/mol. The molecule has 0 saturated heterocycles. The number of rotatable bonds is 8. The summed E-state index contributed by atoms with van der Waals surface area (Å²) < 4.78 is 20.0. The molecule has 0 radical (unpaired) electrons. The molecule has 1 heterocycles. The van der Waals surface area contributed by atoms with Gasteiger partial charge in [-0.25, -0.2) is 14.0 Å². The number of benzene rings is 1. The van der Waals surface area contributed by atoms with Crippen molar-refractivity contribution < 1.29 is 23.5 Å². The Morgan fingerprint density at radius 2 is 1.72 bits per heavy atom. The van der Waals surface area contributed by atoms with Crippen molar-refractivity contribution in [2.75, 3.05) is 7.11 Å². The summed E-state index contributed by atoms with van der Waals surface area (Å²) in [5, 5.41) is 2.83. The summed E-state index contributed by atoms with van der Waals surface area (Å²) in [5.41, 5.74) is 2.60. The van der Waals surface area contributed by atoms with Crippen LogP contribution in [-0.4, -0.2) is 46.4 Å². The maximum atomic E-state index is 13.6. The molecular formula is C24H32FN3O4. The van der Waals surface area contributed by atoms with Gasteiger partial charge in [-0.3, -0.25) is 4.79 Å². The van der Waals surface area contributed by atoms with Crippen LogP contribution in [0.5, 0.6) is 0 Å². The standard InChI is InChI=1S/C24H32FN3O4/c1-8-27-16(5)20(15(4)21(27)23(30)32-7)22(29)17(6)28(24(31)26-14(2)3)13-18-9-11-19(25)12-10-18/h9-12,14,17H,8,13H2,1-7H3,(H,26,31). The third-order valence-corrected chi connectivity index (χ3v) is 5.49. The maximum absolute atomic E-state index is 13.6. The highest BCUT2D eigenvalue weighted by molar-refractivity contribution is 6.06. The fourth-order valence-corrected chi connectivity index (χ4v) is 3.86. The van der Waals surface area contributed by atoms with Crippen molar-refractivity contribution in [3.63, 3.8) is 0 Å². The molecule has 8 heteroatoms. The van der Waals surface area contributed by atoms with Crippen LogP contribution in [0.3, 0.4) is 0 Å². The van der Waals surface area contributed by atoms with Gasteiger partial charge in [-0.1, -0.05) is 12.1 Å². The van der Waals surface area contributed by atoms with E-state index in [-0.39, 0.29) is 24.2 Å². The topological polar surface area (TPSA) is 80.6 Å². The summed E-state index contributed by atoms with van der Waals surface area (Å²) in [6.45, 7) is 11.3.